The Labute approximate surface area is 161 Å². The van der Waals surface area contributed by atoms with E-state index in [1.165, 1.54) is 30.3 Å². The first-order chi connectivity index (χ1) is 13.7. The molecular weight excluding hydrogens is 359 g/mol. The van der Waals surface area contributed by atoms with Crippen molar-refractivity contribution in [1.29, 1.82) is 0 Å². The van der Waals surface area contributed by atoms with Crippen LogP contribution in [0.15, 0.2) is 61.2 Å². The maximum Gasteiger partial charge on any atom is 0.258 e. The van der Waals surface area contributed by atoms with E-state index in [1.54, 1.807) is 0 Å². The topological polar surface area (TPSA) is 74.2 Å². The lowest BCUT2D eigenvalue weighted by molar-refractivity contribution is 0.102. The third-order valence-corrected chi connectivity index (χ3v) is 4.60. The number of nitrogens with one attached hydrogen (secondary N) is 1. The zero-order chi connectivity index (χ0) is 19.3. The van der Waals surface area contributed by atoms with Crippen LogP contribution in [-0.4, -0.2) is 47.0 Å². The molecule has 3 heterocycles. The number of carbonyl (C=O) groups excluding carboxylic acids is 1. The normalized spacial score (nSPS) is 14.0. The van der Waals surface area contributed by atoms with Crippen molar-refractivity contribution in [3.63, 3.8) is 0 Å². The van der Waals surface area contributed by atoms with Crippen LogP contribution in [0.2, 0.25) is 0 Å². The number of hydrogen-bond acceptors (Lipinski definition) is 6. The van der Waals surface area contributed by atoms with Crippen molar-refractivity contribution in [2.45, 2.75) is 0 Å². The van der Waals surface area contributed by atoms with Gasteiger partial charge < -0.3 is 15.1 Å². The van der Waals surface area contributed by atoms with Crippen LogP contribution in [0.5, 0.6) is 0 Å². The first-order valence-corrected chi connectivity index (χ1v) is 8.98. The van der Waals surface area contributed by atoms with E-state index in [4.69, 9.17) is 0 Å². The Morgan fingerprint density at radius 3 is 2.29 bits per heavy atom. The van der Waals surface area contributed by atoms with Crippen molar-refractivity contribution in [1.82, 2.24) is 15.0 Å². The van der Waals surface area contributed by atoms with Crippen molar-refractivity contribution >= 4 is 23.2 Å². The predicted octanol–water partition coefficient (Wildman–Crippen LogP) is 2.59. The molecule has 4 rings (SSSR count). The Hall–Kier alpha value is -3.55. The summed E-state index contributed by atoms with van der Waals surface area (Å²) in [5.74, 6) is -0.623. The highest BCUT2D eigenvalue weighted by atomic mass is 19.1. The van der Waals surface area contributed by atoms with Gasteiger partial charge in [-0.2, -0.15) is 0 Å². The van der Waals surface area contributed by atoms with Gasteiger partial charge in [0.05, 0.1) is 29.8 Å². The van der Waals surface area contributed by atoms with Gasteiger partial charge in [-0.05, 0) is 18.2 Å². The van der Waals surface area contributed by atoms with Gasteiger partial charge in [-0.1, -0.05) is 18.2 Å². The van der Waals surface area contributed by atoms with Gasteiger partial charge in [-0.15, -0.1) is 0 Å². The number of hydrogen-bond donors (Lipinski definition) is 1. The van der Waals surface area contributed by atoms with E-state index in [2.05, 4.69) is 42.2 Å². The number of rotatable bonds is 4. The molecule has 0 radical (unpaired) electrons. The Morgan fingerprint density at radius 1 is 0.929 bits per heavy atom. The van der Waals surface area contributed by atoms with Gasteiger partial charge in [0.2, 0.25) is 5.95 Å². The highest BCUT2D eigenvalue weighted by molar-refractivity contribution is 6.04. The van der Waals surface area contributed by atoms with Gasteiger partial charge in [0.25, 0.3) is 5.91 Å². The second-order valence-corrected chi connectivity index (χ2v) is 6.39. The lowest BCUT2D eigenvalue weighted by Gasteiger charge is -2.36. The van der Waals surface area contributed by atoms with E-state index in [-0.39, 0.29) is 5.56 Å². The SMILES string of the molecule is O=C(Nc1cnc(N2CCN(c3ccccc3)CC2)nc1)c1ccncc1F. The summed E-state index contributed by atoms with van der Waals surface area (Å²) >= 11 is 0. The van der Waals surface area contributed by atoms with E-state index in [0.29, 0.717) is 11.6 Å². The van der Waals surface area contributed by atoms with Gasteiger partial charge in [0.15, 0.2) is 5.82 Å². The molecule has 7 nitrogen and oxygen atoms in total. The van der Waals surface area contributed by atoms with Crippen LogP contribution in [0, 0.1) is 5.82 Å². The van der Waals surface area contributed by atoms with Crippen LogP contribution >= 0.6 is 0 Å². The Bertz CT molecular complexity index is 942. The van der Waals surface area contributed by atoms with E-state index >= 15 is 0 Å². The molecule has 142 valence electrons. The third kappa shape index (κ3) is 3.90. The minimum absolute atomic E-state index is 0.0730. The Kier molecular flexibility index (Phi) is 5.09. The highest BCUT2D eigenvalue weighted by Gasteiger charge is 2.19. The summed E-state index contributed by atoms with van der Waals surface area (Å²) in [7, 11) is 0. The minimum Gasteiger partial charge on any atom is -0.368 e. The molecule has 28 heavy (non-hydrogen) atoms. The summed E-state index contributed by atoms with van der Waals surface area (Å²) in [6.07, 6.45) is 5.43. The van der Waals surface area contributed by atoms with Crippen LogP contribution in [-0.2, 0) is 0 Å². The standard InChI is InChI=1S/C20H19FN6O/c21-18-14-22-7-6-17(18)19(28)25-15-12-23-20(24-13-15)27-10-8-26(9-11-27)16-4-2-1-3-5-16/h1-7,12-14H,8-11H2,(H,25,28). The molecule has 8 heteroatoms. The lowest BCUT2D eigenvalue weighted by Crippen LogP contribution is -2.47. The summed E-state index contributed by atoms with van der Waals surface area (Å²) in [6, 6.07) is 11.6. The van der Waals surface area contributed by atoms with Crippen LogP contribution in [0.1, 0.15) is 10.4 Å². The summed E-state index contributed by atoms with van der Waals surface area (Å²) in [5.41, 5.74) is 1.55. The number of carbonyl (C=O) groups is 1. The van der Waals surface area contributed by atoms with Crippen molar-refractivity contribution in [2.24, 2.45) is 0 Å². The van der Waals surface area contributed by atoms with Crippen molar-refractivity contribution in [3.8, 4) is 0 Å². The Balaban J connectivity index is 1.36. The molecule has 1 aromatic carbocycles. The fraction of sp³-hybridized carbons (Fsp3) is 0.200. The molecule has 1 saturated heterocycles. The lowest BCUT2D eigenvalue weighted by atomic mass is 10.2. The number of para-hydroxylation sites is 1. The second kappa shape index (κ2) is 7.99. The van der Waals surface area contributed by atoms with Gasteiger partial charge in [0.1, 0.15) is 0 Å². The number of nitrogens with zero attached hydrogens (tertiary/aromatic N) is 5. The summed E-state index contributed by atoms with van der Waals surface area (Å²) in [6.45, 7) is 3.38. The first-order valence-electron chi connectivity index (χ1n) is 8.98. The molecule has 0 atom stereocenters. The average Bonchev–Trinajstić information content (AvgIpc) is 2.75. The molecule has 0 bridgehead atoms. The van der Waals surface area contributed by atoms with Gasteiger partial charge in [0, 0.05) is 38.1 Å². The fourth-order valence-electron chi connectivity index (χ4n) is 3.11. The third-order valence-electron chi connectivity index (χ3n) is 4.60. The number of benzene rings is 1. The van der Waals surface area contributed by atoms with Crippen molar-refractivity contribution in [3.05, 3.63) is 72.6 Å². The van der Waals surface area contributed by atoms with E-state index in [0.717, 1.165) is 32.4 Å². The van der Waals surface area contributed by atoms with E-state index in [1.807, 2.05) is 18.2 Å². The van der Waals surface area contributed by atoms with Crippen LogP contribution in [0.25, 0.3) is 0 Å². The number of pyridine rings is 1. The summed E-state index contributed by atoms with van der Waals surface area (Å²) in [4.78, 5) is 28.9. The molecule has 1 amide bonds. The number of piperazine rings is 1. The van der Waals surface area contributed by atoms with Crippen LogP contribution < -0.4 is 15.1 Å². The molecule has 2 aromatic heterocycles. The van der Waals surface area contributed by atoms with Crippen LogP contribution in [0.4, 0.5) is 21.7 Å². The number of halogens is 1. The smallest absolute Gasteiger partial charge is 0.258 e. The van der Waals surface area contributed by atoms with E-state index < -0.39 is 11.7 Å². The van der Waals surface area contributed by atoms with Gasteiger partial charge in [-0.3, -0.25) is 9.78 Å². The van der Waals surface area contributed by atoms with E-state index in [9.17, 15) is 9.18 Å². The van der Waals surface area contributed by atoms with Crippen LogP contribution in [0.3, 0.4) is 0 Å². The fourth-order valence-corrected chi connectivity index (χ4v) is 3.11. The largest absolute Gasteiger partial charge is 0.368 e. The molecule has 0 aliphatic carbocycles. The monoisotopic (exact) mass is 378 g/mol. The molecule has 1 fully saturated rings. The molecule has 0 saturated carbocycles. The summed E-state index contributed by atoms with van der Waals surface area (Å²) in [5, 5.41) is 2.60. The predicted molar refractivity (Wildman–Crippen MR) is 105 cm³/mol. The maximum atomic E-state index is 13.6. The second-order valence-electron chi connectivity index (χ2n) is 6.39. The Morgan fingerprint density at radius 2 is 1.61 bits per heavy atom. The molecule has 3 aromatic rings. The molecule has 1 N–H and O–H groups in total. The highest BCUT2D eigenvalue weighted by Crippen LogP contribution is 2.18. The minimum atomic E-state index is -0.672. The first kappa shape index (κ1) is 17.8. The molecular formula is C20H19FN6O. The van der Waals surface area contributed by atoms with Gasteiger partial charge in [-0.25, -0.2) is 14.4 Å². The molecule has 1 aliphatic heterocycles. The van der Waals surface area contributed by atoms with Crippen molar-refractivity contribution < 1.29 is 9.18 Å². The quantitative estimate of drug-likeness (QED) is 0.752. The maximum absolute atomic E-state index is 13.6. The number of anilines is 3. The average molecular weight is 378 g/mol. The summed E-state index contributed by atoms with van der Waals surface area (Å²) < 4.78 is 13.6. The number of amides is 1. The molecule has 0 unspecified atom stereocenters. The zero-order valence-corrected chi connectivity index (χ0v) is 15.1. The van der Waals surface area contributed by atoms with Crippen molar-refractivity contribution in [2.75, 3.05) is 41.3 Å². The molecule has 1 aliphatic rings. The number of aromatic nitrogens is 3. The zero-order valence-electron chi connectivity index (χ0n) is 15.1. The molecule has 0 spiro atoms. The van der Waals surface area contributed by atoms with Gasteiger partial charge >= 0.3 is 0 Å².